The van der Waals surface area contributed by atoms with Crippen LogP contribution < -0.4 is 5.73 Å². The summed E-state index contributed by atoms with van der Waals surface area (Å²) in [7, 11) is 0. The fourth-order valence-electron chi connectivity index (χ4n) is 2.05. The third-order valence-corrected chi connectivity index (χ3v) is 2.85. The van der Waals surface area contributed by atoms with Crippen LogP contribution in [0.4, 0.5) is 4.39 Å². The number of benzene rings is 1. The molecule has 0 saturated heterocycles. The Hall–Kier alpha value is -0.800. The zero-order chi connectivity index (χ0) is 10.1. The third kappa shape index (κ3) is 2.24. The molecule has 0 aliphatic heterocycles. The van der Waals surface area contributed by atoms with Crippen LogP contribution in [0.2, 0.25) is 0 Å². The van der Waals surface area contributed by atoms with Gasteiger partial charge in [0.15, 0.2) is 11.6 Å². The molecular formula is C11H15ClFNO. The van der Waals surface area contributed by atoms with E-state index in [1.54, 1.807) is 6.07 Å². The number of rotatable bonds is 0. The van der Waals surface area contributed by atoms with Crippen LogP contribution in [0.25, 0.3) is 0 Å². The maximum atomic E-state index is 13.5. The third-order valence-electron chi connectivity index (χ3n) is 2.85. The van der Waals surface area contributed by atoms with E-state index in [0.29, 0.717) is 12.0 Å². The summed E-state index contributed by atoms with van der Waals surface area (Å²) in [5.74, 6) is -0.752. The normalized spacial score (nSPS) is 20.0. The van der Waals surface area contributed by atoms with Crippen LogP contribution in [-0.2, 0) is 6.42 Å². The summed E-state index contributed by atoms with van der Waals surface area (Å²) >= 11 is 0. The van der Waals surface area contributed by atoms with Gasteiger partial charge in [-0.15, -0.1) is 12.4 Å². The smallest absolute Gasteiger partial charge is 0.168 e. The Morgan fingerprint density at radius 1 is 1.33 bits per heavy atom. The minimum absolute atomic E-state index is 0. The highest BCUT2D eigenvalue weighted by atomic mass is 35.5. The fraction of sp³-hybridized carbons (Fsp3) is 0.455. The first-order chi connectivity index (χ1) is 6.70. The molecule has 2 nitrogen and oxygen atoms in total. The van der Waals surface area contributed by atoms with Crippen molar-refractivity contribution in [1.29, 1.82) is 0 Å². The molecule has 0 aromatic heterocycles. The molecule has 0 heterocycles. The van der Waals surface area contributed by atoms with E-state index >= 15 is 0 Å². The Kier molecular flexibility index (Phi) is 3.94. The highest BCUT2D eigenvalue weighted by Gasteiger charge is 2.19. The Morgan fingerprint density at radius 2 is 2.07 bits per heavy atom. The average Bonchev–Trinajstić information content (AvgIpc) is 2.35. The molecule has 0 spiro atoms. The van der Waals surface area contributed by atoms with Crippen molar-refractivity contribution in [2.75, 3.05) is 0 Å². The lowest BCUT2D eigenvalue weighted by atomic mass is 9.99. The van der Waals surface area contributed by atoms with Crippen molar-refractivity contribution in [3.8, 4) is 5.75 Å². The molecule has 0 saturated carbocycles. The molecule has 0 amide bonds. The van der Waals surface area contributed by atoms with Gasteiger partial charge in [0.25, 0.3) is 0 Å². The van der Waals surface area contributed by atoms with Gasteiger partial charge in [0.2, 0.25) is 0 Å². The first-order valence-corrected chi connectivity index (χ1v) is 4.96. The Morgan fingerprint density at radius 3 is 2.80 bits per heavy atom. The SMILES string of the molecule is Cl.N[C@@H]1CCCCc2c1ccc(O)c2F. The van der Waals surface area contributed by atoms with Crippen LogP contribution in [-0.4, -0.2) is 5.11 Å². The molecule has 84 valence electrons. The summed E-state index contributed by atoms with van der Waals surface area (Å²) in [4.78, 5) is 0. The molecule has 0 unspecified atom stereocenters. The van der Waals surface area contributed by atoms with Crippen LogP contribution in [0.15, 0.2) is 12.1 Å². The van der Waals surface area contributed by atoms with E-state index in [9.17, 15) is 9.50 Å². The van der Waals surface area contributed by atoms with Crippen molar-refractivity contribution >= 4 is 12.4 Å². The molecule has 4 heteroatoms. The van der Waals surface area contributed by atoms with Gasteiger partial charge >= 0.3 is 0 Å². The van der Waals surface area contributed by atoms with Gasteiger partial charge in [0.1, 0.15) is 0 Å². The topological polar surface area (TPSA) is 46.2 Å². The molecule has 0 radical (unpaired) electrons. The summed E-state index contributed by atoms with van der Waals surface area (Å²) in [6.07, 6.45) is 3.55. The highest BCUT2D eigenvalue weighted by molar-refractivity contribution is 5.85. The minimum Gasteiger partial charge on any atom is -0.505 e. The van der Waals surface area contributed by atoms with E-state index in [2.05, 4.69) is 0 Å². The van der Waals surface area contributed by atoms with Gasteiger partial charge in [-0.25, -0.2) is 4.39 Å². The zero-order valence-electron chi connectivity index (χ0n) is 8.37. The number of hydrogen-bond donors (Lipinski definition) is 2. The predicted molar refractivity (Wildman–Crippen MR) is 59.8 cm³/mol. The lowest BCUT2D eigenvalue weighted by Gasteiger charge is -2.13. The Balaban J connectivity index is 0.00000112. The molecule has 1 aromatic rings. The van der Waals surface area contributed by atoms with Crippen LogP contribution >= 0.6 is 12.4 Å². The van der Waals surface area contributed by atoms with Crippen molar-refractivity contribution < 1.29 is 9.50 Å². The minimum atomic E-state index is -0.486. The molecule has 0 fully saturated rings. The van der Waals surface area contributed by atoms with Gasteiger partial charge in [-0.05, 0) is 36.5 Å². The van der Waals surface area contributed by atoms with E-state index in [4.69, 9.17) is 5.73 Å². The molecule has 15 heavy (non-hydrogen) atoms. The molecule has 1 aliphatic carbocycles. The van der Waals surface area contributed by atoms with Gasteiger partial charge in [0, 0.05) is 6.04 Å². The van der Waals surface area contributed by atoms with Crippen molar-refractivity contribution in [2.45, 2.75) is 31.7 Å². The molecule has 3 N–H and O–H groups in total. The average molecular weight is 232 g/mol. The largest absolute Gasteiger partial charge is 0.505 e. The molecule has 1 aromatic carbocycles. The number of fused-ring (bicyclic) bond motifs is 1. The van der Waals surface area contributed by atoms with Crippen LogP contribution in [0, 0.1) is 5.82 Å². The quantitative estimate of drug-likeness (QED) is 0.675. The zero-order valence-corrected chi connectivity index (χ0v) is 9.19. The molecule has 1 aliphatic rings. The fourth-order valence-corrected chi connectivity index (χ4v) is 2.05. The first kappa shape index (κ1) is 12.3. The standard InChI is InChI=1S/C11H14FNO.ClH/c12-11-8-3-1-2-4-9(13)7(8)5-6-10(11)14;/h5-6,9,14H,1-4,13H2;1H/t9-;/m1./s1. The van der Waals surface area contributed by atoms with Gasteiger partial charge in [-0.2, -0.15) is 0 Å². The van der Waals surface area contributed by atoms with E-state index in [1.807, 2.05) is 0 Å². The number of nitrogens with two attached hydrogens (primary N) is 1. The van der Waals surface area contributed by atoms with Gasteiger partial charge < -0.3 is 10.8 Å². The maximum Gasteiger partial charge on any atom is 0.168 e. The Labute approximate surface area is 94.7 Å². The van der Waals surface area contributed by atoms with Crippen molar-refractivity contribution in [2.24, 2.45) is 5.73 Å². The second-order valence-electron chi connectivity index (χ2n) is 3.82. The maximum absolute atomic E-state index is 13.5. The summed E-state index contributed by atoms with van der Waals surface area (Å²) in [6, 6.07) is 3.05. The predicted octanol–water partition coefficient (Wildman–Crippen LogP) is 2.68. The van der Waals surface area contributed by atoms with E-state index in [0.717, 1.165) is 24.8 Å². The molecule has 2 rings (SSSR count). The monoisotopic (exact) mass is 231 g/mol. The van der Waals surface area contributed by atoms with Gasteiger partial charge in [-0.3, -0.25) is 0 Å². The lowest BCUT2D eigenvalue weighted by Crippen LogP contribution is -2.11. The van der Waals surface area contributed by atoms with E-state index in [-0.39, 0.29) is 24.2 Å². The second kappa shape index (κ2) is 4.81. The summed E-state index contributed by atoms with van der Waals surface area (Å²) in [6.45, 7) is 0. The van der Waals surface area contributed by atoms with Crippen LogP contribution in [0.5, 0.6) is 5.75 Å². The first-order valence-electron chi connectivity index (χ1n) is 4.96. The summed E-state index contributed by atoms with van der Waals surface area (Å²) in [5, 5.41) is 9.24. The Bertz CT molecular complexity index is 357. The van der Waals surface area contributed by atoms with E-state index < -0.39 is 5.82 Å². The van der Waals surface area contributed by atoms with Crippen LogP contribution in [0.3, 0.4) is 0 Å². The summed E-state index contributed by atoms with van der Waals surface area (Å²) < 4.78 is 13.5. The van der Waals surface area contributed by atoms with Crippen molar-refractivity contribution in [1.82, 2.24) is 0 Å². The lowest BCUT2D eigenvalue weighted by molar-refractivity contribution is 0.427. The molecular weight excluding hydrogens is 217 g/mol. The molecule has 0 bridgehead atoms. The van der Waals surface area contributed by atoms with Crippen LogP contribution in [0.1, 0.15) is 36.4 Å². The summed E-state index contributed by atoms with van der Waals surface area (Å²) in [5.41, 5.74) is 7.38. The number of aromatic hydroxyl groups is 1. The van der Waals surface area contributed by atoms with E-state index in [1.165, 1.54) is 6.07 Å². The van der Waals surface area contributed by atoms with Crippen molar-refractivity contribution in [3.05, 3.63) is 29.1 Å². The number of hydrogen-bond acceptors (Lipinski definition) is 2. The molecule has 1 atom stereocenters. The number of phenolic OH excluding ortho intramolecular Hbond substituents is 1. The number of phenols is 1. The van der Waals surface area contributed by atoms with Gasteiger partial charge in [0.05, 0.1) is 0 Å². The highest BCUT2D eigenvalue weighted by Crippen LogP contribution is 2.32. The second-order valence-corrected chi connectivity index (χ2v) is 3.82. The number of halogens is 2. The van der Waals surface area contributed by atoms with Crippen molar-refractivity contribution in [3.63, 3.8) is 0 Å². The van der Waals surface area contributed by atoms with Gasteiger partial charge in [-0.1, -0.05) is 12.5 Å².